The monoisotopic (exact) mass is 391 g/mol. The Morgan fingerprint density at radius 1 is 1.03 bits per heavy atom. The first-order valence-electron chi connectivity index (χ1n) is 9.59. The molecule has 6 heteroatoms. The highest BCUT2D eigenvalue weighted by Gasteiger charge is 2.39. The number of aliphatic carboxylic acids is 1. The first-order chi connectivity index (χ1) is 13.9. The van der Waals surface area contributed by atoms with Crippen LogP contribution in [-0.2, 0) is 10.2 Å². The summed E-state index contributed by atoms with van der Waals surface area (Å²) in [4.78, 5) is 25.1. The van der Waals surface area contributed by atoms with Crippen molar-refractivity contribution in [2.24, 2.45) is 0 Å². The molecule has 1 atom stereocenters. The first-order valence-corrected chi connectivity index (χ1v) is 9.59. The van der Waals surface area contributed by atoms with Crippen LogP contribution in [0.2, 0.25) is 0 Å². The van der Waals surface area contributed by atoms with E-state index in [0.717, 1.165) is 5.69 Å². The summed E-state index contributed by atoms with van der Waals surface area (Å²) in [6, 6.07) is 18.6. The maximum absolute atomic E-state index is 13.0. The molecular weight excluding hydrogens is 366 g/mol. The van der Waals surface area contributed by atoms with Gasteiger partial charge in [0.25, 0.3) is 5.91 Å². The van der Waals surface area contributed by atoms with Crippen LogP contribution in [0.15, 0.2) is 60.7 Å². The summed E-state index contributed by atoms with van der Waals surface area (Å²) < 4.78 is 1.73. The third-order valence-electron chi connectivity index (χ3n) is 5.41. The molecule has 0 saturated heterocycles. The zero-order valence-corrected chi connectivity index (χ0v) is 16.8. The number of hydrogen-bond acceptors (Lipinski definition) is 3. The van der Waals surface area contributed by atoms with Crippen LogP contribution in [0.25, 0.3) is 5.69 Å². The summed E-state index contributed by atoms with van der Waals surface area (Å²) in [5.74, 6) is -1.28. The van der Waals surface area contributed by atoms with Gasteiger partial charge < -0.3 is 10.4 Å². The number of rotatable bonds is 7. The van der Waals surface area contributed by atoms with Crippen LogP contribution in [0.1, 0.15) is 40.7 Å². The zero-order chi connectivity index (χ0) is 21.0. The van der Waals surface area contributed by atoms with Gasteiger partial charge in [-0.05, 0) is 38.0 Å². The highest BCUT2D eigenvalue weighted by molar-refractivity contribution is 5.97. The molecule has 0 spiro atoms. The number of aromatic nitrogens is 2. The molecule has 2 aromatic carbocycles. The first kappa shape index (κ1) is 20.3. The van der Waals surface area contributed by atoms with Crippen LogP contribution < -0.4 is 5.32 Å². The number of nitrogens with zero attached hydrogens (tertiary/aromatic N) is 2. The predicted molar refractivity (Wildman–Crippen MR) is 111 cm³/mol. The number of amides is 1. The summed E-state index contributed by atoms with van der Waals surface area (Å²) in [7, 11) is 0. The molecule has 1 heterocycles. The summed E-state index contributed by atoms with van der Waals surface area (Å²) in [6.45, 7) is 5.43. The molecule has 1 aromatic heterocycles. The second-order valence-corrected chi connectivity index (χ2v) is 7.08. The molecule has 150 valence electrons. The van der Waals surface area contributed by atoms with E-state index in [2.05, 4.69) is 10.4 Å². The lowest BCUT2D eigenvalue weighted by Gasteiger charge is -2.29. The average Bonchev–Trinajstić information content (AvgIpc) is 3.04. The Balaban J connectivity index is 1.89. The van der Waals surface area contributed by atoms with Crippen LogP contribution in [-0.4, -0.2) is 33.3 Å². The largest absolute Gasteiger partial charge is 0.481 e. The van der Waals surface area contributed by atoms with Gasteiger partial charge in [-0.1, -0.05) is 55.5 Å². The number of carbonyl (C=O) groups excluding carboxylic acids is 1. The van der Waals surface area contributed by atoms with Gasteiger partial charge in [-0.3, -0.25) is 9.59 Å². The molecule has 29 heavy (non-hydrogen) atoms. The lowest BCUT2D eigenvalue weighted by atomic mass is 9.78. The third kappa shape index (κ3) is 3.78. The molecule has 3 rings (SSSR count). The fraction of sp³-hybridized carbons (Fsp3) is 0.261. The van der Waals surface area contributed by atoms with Gasteiger partial charge in [-0.2, -0.15) is 5.10 Å². The van der Waals surface area contributed by atoms with Gasteiger partial charge in [0, 0.05) is 6.54 Å². The number of aryl methyl sites for hydroxylation is 1. The highest BCUT2D eigenvalue weighted by atomic mass is 16.4. The maximum atomic E-state index is 13.0. The van der Waals surface area contributed by atoms with Gasteiger partial charge in [0.2, 0.25) is 0 Å². The molecule has 0 radical (unpaired) electrons. The minimum atomic E-state index is -1.19. The van der Waals surface area contributed by atoms with Crippen molar-refractivity contribution in [2.75, 3.05) is 6.54 Å². The molecule has 0 aliphatic carbocycles. The van der Waals surface area contributed by atoms with E-state index < -0.39 is 11.4 Å². The van der Waals surface area contributed by atoms with Crippen molar-refractivity contribution in [1.29, 1.82) is 0 Å². The van der Waals surface area contributed by atoms with E-state index in [0.29, 0.717) is 28.9 Å². The van der Waals surface area contributed by atoms with E-state index in [1.165, 1.54) is 0 Å². The summed E-state index contributed by atoms with van der Waals surface area (Å²) in [6.07, 6.45) is 0.355. The Hall–Kier alpha value is -3.41. The number of hydrogen-bond donors (Lipinski definition) is 2. The molecule has 1 amide bonds. The molecule has 2 N–H and O–H groups in total. The van der Waals surface area contributed by atoms with E-state index in [-0.39, 0.29) is 12.5 Å². The van der Waals surface area contributed by atoms with Crippen molar-refractivity contribution in [2.45, 2.75) is 32.6 Å². The standard InChI is InChI=1S/C23H25N3O3/c1-4-23(22(28)29,18-11-7-5-8-12-18)15-24-21(27)20-16(2)25-26(17(20)3)19-13-9-6-10-14-19/h5-14H,4,15H2,1-3H3,(H,24,27)(H,28,29). The molecule has 1 unspecified atom stereocenters. The molecule has 0 saturated carbocycles. The zero-order valence-electron chi connectivity index (χ0n) is 16.8. The average molecular weight is 391 g/mol. The van der Waals surface area contributed by atoms with E-state index in [9.17, 15) is 14.7 Å². The van der Waals surface area contributed by atoms with Crippen molar-refractivity contribution in [3.63, 3.8) is 0 Å². The van der Waals surface area contributed by atoms with Gasteiger partial charge in [-0.25, -0.2) is 4.68 Å². The minimum Gasteiger partial charge on any atom is -0.481 e. The molecule has 0 fully saturated rings. The molecule has 0 aliphatic heterocycles. The lowest BCUT2D eigenvalue weighted by molar-refractivity contribution is -0.143. The highest BCUT2D eigenvalue weighted by Crippen LogP contribution is 2.28. The van der Waals surface area contributed by atoms with E-state index in [1.807, 2.05) is 62.4 Å². The van der Waals surface area contributed by atoms with Crippen LogP contribution in [0, 0.1) is 13.8 Å². The maximum Gasteiger partial charge on any atom is 0.315 e. The number of carbonyl (C=O) groups is 2. The second kappa shape index (κ2) is 8.31. The lowest BCUT2D eigenvalue weighted by Crippen LogP contribution is -2.46. The smallest absolute Gasteiger partial charge is 0.315 e. The van der Waals surface area contributed by atoms with Crippen LogP contribution in [0.3, 0.4) is 0 Å². The van der Waals surface area contributed by atoms with Gasteiger partial charge >= 0.3 is 5.97 Å². The summed E-state index contributed by atoms with van der Waals surface area (Å²) in [5.41, 5.74) is 2.13. The topological polar surface area (TPSA) is 84.2 Å². The van der Waals surface area contributed by atoms with Crippen molar-refractivity contribution < 1.29 is 14.7 Å². The number of para-hydroxylation sites is 1. The van der Waals surface area contributed by atoms with Crippen LogP contribution >= 0.6 is 0 Å². The molecule has 0 aliphatic rings. The van der Waals surface area contributed by atoms with E-state index >= 15 is 0 Å². The summed E-state index contributed by atoms with van der Waals surface area (Å²) in [5, 5.41) is 17.3. The number of carboxylic acids is 1. The number of nitrogens with one attached hydrogen (secondary N) is 1. The molecule has 6 nitrogen and oxygen atoms in total. The van der Waals surface area contributed by atoms with Gasteiger partial charge in [0.1, 0.15) is 5.41 Å². The van der Waals surface area contributed by atoms with Crippen molar-refractivity contribution in [3.8, 4) is 5.69 Å². The SMILES string of the molecule is CCC(CNC(=O)c1c(C)nn(-c2ccccc2)c1C)(C(=O)O)c1ccccc1. The van der Waals surface area contributed by atoms with Gasteiger partial charge in [0.05, 0.1) is 22.6 Å². The Bertz CT molecular complexity index is 1010. The number of carboxylic acid groups (broad SMARTS) is 1. The molecule has 3 aromatic rings. The van der Waals surface area contributed by atoms with Crippen molar-refractivity contribution in [3.05, 3.63) is 83.2 Å². The van der Waals surface area contributed by atoms with Crippen molar-refractivity contribution >= 4 is 11.9 Å². The molecule has 0 bridgehead atoms. The van der Waals surface area contributed by atoms with Crippen LogP contribution in [0.5, 0.6) is 0 Å². The van der Waals surface area contributed by atoms with E-state index in [1.54, 1.807) is 23.7 Å². The third-order valence-corrected chi connectivity index (χ3v) is 5.41. The fourth-order valence-electron chi connectivity index (χ4n) is 3.65. The van der Waals surface area contributed by atoms with Gasteiger partial charge in [-0.15, -0.1) is 0 Å². The van der Waals surface area contributed by atoms with Crippen LogP contribution in [0.4, 0.5) is 0 Å². The minimum absolute atomic E-state index is 0.00290. The fourth-order valence-corrected chi connectivity index (χ4v) is 3.65. The summed E-state index contributed by atoms with van der Waals surface area (Å²) >= 11 is 0. The Kier molecular flexibility index (Phi) is 5.82. The Labute approximate surface area is 170 Å². The van der Waals surface area contributed by atoms with Crippen molar-refractivity contribution in [1.82, 2.24) is 15.1 Å². The normalized spacial score (nSPS) is 12.9. The predicted octanol–water partition coefficient (Wildman–Crippen LogP) is 3.65. The number of benzene rings is 2. The molecular formula is C23H25N3O3. The van der Waals surface area contributed by atoms with E-state index in [4.69, 9.17) is 0 Å². The Morgan fingerprint density at radius 3 is 2.17 bits per heavy atom. The van der Waals surface area contributed by atoms with Gasteiger partial charge in [0.15, 0.2) is 0 Å². The quantitative estimate of drug-likeness (QED) is 0.644. The Morgan fingerprint density at radius 2 is 1.62 bits per heavy atom. The second-order valence-electron chi connectivity index (χ2n) is 7.08.